The van der Waals surface area contributed by atoms with Crippen molar-refractivity contribution in [3.63, 3.8) is 0 Å². The quantitative estimate of drug-likeness (QED) is 0.636. The van der Waals surface area contributed by atoms with Crippen LogP contribution >= 0.6 is 0 Å². The molecule has 2 rings (SSSR count). The molecule has 4 heteroatoms. The number of benzene rings is 2. The van der Waals surface area contributed by atoms with Gasteiger partial charge >= 0.3 is 0 Å². The van der Waals surface area contributed by atoms with E-state index >= 15 is 0 Å². The zero-order valence-electron chi connectivity index (χ0n) is 13.1. The number of carbonyl (C=O) groups is 2. The summed E-state index contributed by atoms with van der Waals surface area (Å²) in [5.74, 6) is -0.279. The van der Waals surface area contributed by atoms with Crippen molar-refractivity contribution < 1.29 is 9.59 Å². The number of carbonyl (C=O) groups excluding carboxylic acids is 2. The summed E-state index contributed by atoms with van der Waals surface area (Å²) in [6, 6.07) is 18.7. The zero-order valence-corrected chi connectivity index (χ0v) is 13.1. The first-order chi connectivity index (χ1) is 11.2. The smallest absolute Gasteiger partial charge is 0.251 e. The van der Waals surface area contributed by atoms with Gasteiger partial charge < -0.3 is 10.6 Å². The first-order valence-electron chi connectivity index (χ1n) is 7.51. The highest BCUT2D eigenvalue weighted by molar-refractivity contribution is 5.97. The molecule has 2 aromatic rings. The molecule has 2 N–H and O–H groups in total. The van der Waals surface area contributed by atoms with Crippen LogP contribution in [0, 0.1) is 0 Å². The van der Waals surface area contributed by atoms with Crippen molar-refractivity contribution in [1.82, 2.24) is 10.6 Å². The predicted molar refractivity (Wildman–Crippen MR) is 91.9 cm³/mol. The molecule has 0 aromatic heterocycles. The van der Waals surface area contributed by atoms with E-state index in [-0.39, 0.29) is 11.8 Å². The minimum absolute atomic E-state index is 0.136. The van der Waals surface area contributed by atoms with Gasteiger partial charge in [0.15, 0.2) is 0 Å². The molecule has 0 aliphatic heterocycles. The molecule has 0 heterocycles. The topological polar surface area (TPSA) is 58.2 Å². The summed E-state index contributed by atoms with van der Waals surface area (Å²) in [7, 11) is 0. The van der Waals surface area contributed by atoms with Gasteiger partial charge in [0.2, 0.25) is 5.91 Å². The average Bonchev–Trinajstić information content (AvgIpc) is 2.60. The van der Waals surface area contributed by atoms with Crippen LogP contribution in [-0.4, -0.2) is 24.9 Å². The highest BCUT2D eigenvalue weighted by Crippen LogP contribution is 2.05. The second-order valence-corrected chi connectivity index (χ2v) is 5.12. The number of rotatable bonds is 6. The minimum atomic E-state index is -0.142. The standard InChI is InChI=1S/C19H20N2O2/c1-15(14-16-8-4-2-5-9-16)18(22)20-12-13-21-19(23)17-10-6-3-7-11-17/h2-11,14H,12-13H2,1H3,(H,20,22)(H,21,23)/b15-14+. The number of hydrogen-bond acceptors (Lipinski definition) is 2. The van der Waals surface area contributed by atoms with E-state index in [1.54, 1.807) is 19.1 Å². The van der Waals surface area contributed by atoms with Gasteiger partial charge in [0.25, 0.3) is 5.91 Å². The van der Waals surface area contributed by atoms with Gasteiger partial charge in [0.05, 0.1) is 0 Å². The molecule has 0 atom stereocenters. The maximum Gasteiger partial charge on any atom is 0.251 e. The molecule has 118 valence electrons. The largest absolute Gasteiger partial charge is 0.351 e. The Morgan fingerprint density at radius 3 is 2.09 bits per heavy atom. The van der Waals surface area contributed by atoms with Gasteiger partial charge in [-0.2, -0.15) is 0 Å². The fraction of sp³-hybridized carbons (Fsp3) is 0.158. The maximum atomic E-state index is 12.0. The van der Waals surface area contributed by atoms with E-state index in [9.17, 15) is 9.59 Å². The Morgan fingerprint density at radius 2 is 1.43 bits per heavy atom. The highest BCUT2D eigenvalue weighted by atomic mass is 16.2. The van der Waals surface area contributed by atoms with Gasteiger partial charge in [-0.05, 0) is 30.7 Å². The normalized spacial score (nSPS) is 10.9. The lowest BCUT2D eigenvalue weighted by molar-refractivity contribution is -0.117. The second-order valence-electron chi connectivity index (χ2n) is 5.12. The number of nitrogens with one attached hydrogen (secondary N) is 2. The van der Waals surface area contributed by atoms with Crippen LogP contribution in [0.15, 0.2) is 66.2 Å². The van der Waals surface area contributed by atoms with Gasteiger partial charge in [-0.15, -0.1) is 0 Å². The zero-order chi connectivity index (χ0) is 16.5. The van der Waals surface area contributed by atoms with Crippen LogP contribution in [0.3, 0.4) is 0 Å². The Morgan fingerprint density at radius 1 is 0.870 bits per heavy atom. The molecule has 0 aliphatic carbocycles. The van der Waals surface area contributed by atoms with E-state index in [0.29, 0.717) is 24.2 Å². The lowest BCUT2D eigenvalue weighted by atomic mass is 10.1. The summed E-state index contributed by atoms with van der Waals surface area (Å²) in [6.45, 7) is 2.54. The van der Waals surface area contributed by atoms with Crippen LogP contribution in [0.5, 0.6) is 0 Å². The predicted octanol–water partition coefficient (Wildman–Crippen LogP) is 2.64. The van der Waals surface area contributed by atoms with E-state index in [1.807, 2.05) is 54.6 Å². The van der Waals surface area contributed by atoms with Crippen LogP contribution in [-0.2, 0) is 4.79 Å². The molecule has 0 unspecified atom stereocenters. The fourth-order valence-corrected chi connectivity index (χ4v) is 2.05. The number of hydrogen-bond donors (Lipinski definition) is 2. The fourth-order valence-electron chi connectivity index (χ4n) is 2.05. The van der Waals surface area contributed by atoms with Crippen LogP contribution in [0.4, 0.5) is 0 Å². The lowest BCUT2D eigenvalue weighted by Crippen LogP contribution is -2.34. The molecule has 4 nitrogen and oxygen atoms in total. The Bertz CT molecular complexity index is 679. The van der Waals surface area contributed by atoms with Gasteiger partial charge in [0, 0.05) is 24.2 Å². The second kappa shape index (κ2) is 8.54. The monoisotopic (exact) mass is 308 g/mol. The molecule has 0 spiro atoms. The molecule has 0 radical (unpaired) electrons. The average molecular weight is 308 g/mol. The Labute approximate surface area is 136 Å². The van der Waals surface area contributed by atoms with Crippen molar-refractivity contribution in [2.24, 2.45) is 0 Å². The molecular formula is C19H20N2O2. The van der Waals surface area contributed by atoms with Crippen molar-refractivity contribution in [2.45, 2.75) is 6.92 Å². The highest BCUT2D eigenvalue weighted by Gasteiger charge is 2.05. The first kappa shape index (κ1) is 16.5. The maximum absolute atomic E-state index is 12.0. The van der Waals surface area contributed by atoms with Crippen molar-refractivity contribution in [3.8, 4) is 0 Å². The van der Waals surface area contributed by atoms with E-state index < -0.39 is 0 Å². The molecular weight excluding hydrogens is 288 g/mol. The molecule has 2 aromatic carbocycles. The van der Waals surface area contributed by atoms with Gasteiger partial charge in [-0.1, -0.05) is 48.5 Å². The molecule has 0 saturated heterocycles. The molecule has 0 saturated carbocycles. The van der Waals surface area contributed by atoms with Crippen molar-refractivity contribution in [1.29, 1.82) is 0 Å². The third-order valence-electron chi connectivity index (χ3n) is 3.27. The third kappa shape index (κ3) is 5.43. The van der Waals surface area contributed by atoms with Crippen LogP contribution in [0.1, 0.15) is 22.8 Å². The first-order valence-corrected chi connectivity index (χ1v) is 7.51. The Hall–Kier alpha value is -2.88. The number of amides is 2. The van der Waals surface area contributed by atoms with E-state index in [0.717, 1.165) is 5.56 Å². The molecule has 23 heavy (non-hydrogen) atoms. The van der Waals surface area contributed by atoms with Gasteiger partial charge in [-0.25, -0.2) is 0 Å². The van der Waals surface area contributed by atoms with E-state index in [4.69, 9.17) is 0 Å². The van der Waals surface area contributed by atoms with Crippen LogP contribution < -0.4 is 10.6 Å². The van der Waals surface area contributed by atoms with Gasteiger partial charge in [-0.3, -0.25) is 9.59 Å². The van der Waals surface area contributed by atoms with Crippen LogP contribution in [0.25, 0.3) is 6.08 Å². The lowest BCUT2D eigenvalue weighted by Gasteiger charge is -2.07. The summed E-state index contributed by atoms with van der Waals surface area (Å²) in [5.41, 5.74) is 2.22. The SMILES string of the molecule is C/C(=C\c1ccccc1)C(=O)NCCNC(=O)c1ccccc1. The van der Waals surface area contributed by atoms with Crippen LogP contribution in [0.2, 0.25) is 0 Å². The minimum Gasteiger partial charge on any atom is -0.351 e. The van der Waals surface area contributed by atoms with Crippen molar-refractivity contribution >= 4 is 17.9 Å². The Kier molecular flexibility index (Phi) is 6.12. The van der Waals surface area contributed by atoms with Gasteiger partial charge in [0.1, 0.15) is 0 Å². The van der Waals surface area contributed by atoms with Crippen molar-refractivity contribution in [3.05, 3.63) is 77.4 Å². The summed E-state index contributed by atoms with van der Waals surface area (Å²) < 4.78 is 0. The summed E-state index contributed by atoms with van der Waals surface area (Å²) in [4.78, 5) is 23.8. The third-order valence-corrected chi connectivity index (χ3v) is 3.27. The van der Waals surface area contributed by atoms with E-state index in [2.05, 4.69) is 10.6 Å². The Balaban J connectivity index is 1.75. The molecule has 2 amide bonds. The van der Waals surface area contributed by atoms with E-state index in [1.165, 1.54) is 0 Å². The van der Waals surface area contributed by atoms with Crippen molar-refractivity contribution in [2.75, 3.05) is 13.1 Å². The molecule has 0 fully saturated rings. The molecule has 0 bridgehead atoms. The molecule has 0 aliphatic rings. The summed E-state index contributed by atoms with van der Waals surface area (Å²) in [5, 5.41) is 5.56. The summed E-state index contributed by atoms with van der Waals surface area (Å²) >= 11 is 0. The summed E-state index contributed by atoms with van der Waals surface area (Å²) in [6.07, 6.45) is 1.83.